The first-order valence-electron chi connectivity index (χ1n) is 4.96. The lowest BCUT2D eigenvalue weighted by molar-refractivity contribution is 0.0696. The molecule has 0 atom stereocenters. The van der Waals surface area contributed by atoms with Crippen molar-refractivity contribution in [3.63, 3.8) is 0 Å². The summed E-state index contributed by atoms with van der Waals surface area (Å²) in [5.41, 5.74) is 6.33. The Bertz CT molecular complexity index is 456. The van der Waals surface area contributed by atoms with E-state index in [9.17, 15) is 4.79 Å². The molecule has 8 heteroatoms. The summed E-state index contributed by atoms with van der Waals surface area (Å²) in [5.74, 6) is -1.00. The molecule has 6 nitrogen and oxygen atoms in total. The summed E-state index contributed by atoms with van der Waals surface area (Å²) in [7, 11) is 0. The molecule has 0 spiro atoms. The Morgan fingerprint density at radius 3 is 2.33 bits per heavy atom. The molecule has 0 aromatic heterocycles. The fourth-order valence-electron chi connectivity index (χ4n) is 1.25. The van der Waals surface area contributed by atoms with E-state index >= 15 is 0 Å². The van der Waals surface area contributed by atoms with Crippen LogP contribution in [0.1, 0.15) is 10.4 Å². The molecule has 0 amide bonds. The minimum Gasteiger partial charge on any atom is -0.478 e. The lowest BCUT2D eigenvalue weighted by Gasteiger charge is -2.12. The van der Waals surface area contributed by atoms with Crippen molar-refractivity contribution in [3.05, 3.63) is 24.8 Å². The number of aromatic carboxylic acids is 1. The highest BCUT2D eigenvalue weighted by Crippen LogP contribution is 2.26. The van der Waals surface area contributed by atoms with Gasteiger partial charge in [0.15, 0.2) is 5.96 Å². The number of hydrogen-bond acceptors (Lipinski definition) is 3. The van der Waals surface area contributed by atoms with Gasteiger partial charge in [-0.25, -0.2) is 4.79 Å². The van der Waals surface area contributed by atoms with Gasteiger partial charge in [-0.3, -0.25) is 5.41 Å². The van der Waals surface area contributed by atoms with Crippen LogP contribution in [0.3, 0.4) is 0 Å². The fraction of sp³-hybridized carbons (Fsp3) is 0.200. The Hall–Kier alpha value is -0.780. The van der Waals surface area contributed by atoms with E-state index in [2.05, 4.69) is 55.8 Å². The van der Waals surface area contributed by atoms with Crippen LogP contribution in [0.4, 0.5) is 5.69 Å². The molecule has 0 fully saturated rings. The average molecular weight is 474 g/mol. The van der Waals surface area contributed by atoms with Crippen LogP contribution in [-0.4, -0.2) is 30.1 Å². The van der Waals surface area contributed by atoms with Crippen LogP contribution in [0.5, 0.6) is 0 Å². The number of nitrogens with two attached hydrogens (primary N) is 1. The van der Waals surface area contributed by atoms with E-state index in [0.717, 1.165) is 12.8 Å². The number of rotatable bonds is 5. The second-order valence-electron chi connectivity index (χ2n) is 3.39. The van der Waals surface area contributed by atoms with E-state index in [0.29, 0.717) is 13.1 Å². The van der Waals surface area contributed by atoms with Crippen molar-refractivity contribution in [3.8, 4) is 0 Å². The Balaban J connectivity index is 2.72. The van der Waals surface area contributed by atoms with E-state index in [1.807, 2.05) is 0 Å². The zero-order valence-corrected chi connectivity index (χ0v) is 13.6. The zero-order chi connectivity index (χ0) is 13.7. The van der Waals surface area contributed by atoms with Crippen molar-refractivity contribution in [2.75, 3.05) is 18.4 Å². The molecule has 0 unspecified atom stereocenters. The predicted molar refractivity (Wildman–Crippen MR) is 87.2 cm³/mol. The topological polar surface area (TPSA) is 111 Å². The molecule has 0 radical (unpaired) electrons. The fourth-order valence-corrected chi connectivity index (χ4v) is 3.40. The molecule has 0 saturated heterocycles. The van der Waals surface area contributed by atoms with Crippen LogP contribution in [0.25, 0.3) is 0 Å². The summed E-state index contributed by atoms with van der Waals surface area (Å²) in [6.45, 7) is 1.13. The lowest BCUT2D eigenvalue weighted by atomic mass is 10.2. The second kappa shape index (κ2) is 6.97. The molecular formula is C10H12I2N4O2. The third-order valence-corrected chi connectivity index (χ3v) is 3.73. The second-order valence-corrected chi connectivity index (χ2v) is 5.71. The Morgan fingerprint density at radius 2 is 1.89 bits per heavy atom. The molecule has 1 aromatic carbocycles. The van der Waals surface area contributed by atoms with Crippen LogP contribution in [0.15, 0.2) is 12.1 Å². The van der Waals surface area contributed by atoms with Crippen LogP contribution in [-0.2, 0) is 0 Å². The van der Waals surface area contributed by atoms with Crippen LogP contribution >= 0.6 is 45.2 Å². The number of anilines is 1. The molecular weight excluding hydrogens is 462 g/mol. The minimum absolute atomic E-state index is 0.0672. The Labute approximate surface area is 131 Å². The highest BCUT2D eigenvalue weighted by atomic mass is 127. The van der Waals surface area contributed by atoms with Crippen LogP contribution in [0, 0.1) is 12.5 Å². The molecule has 0 bridgehead atoms. The number of guanidine groups is 1. The first kappa shape index (κ1) is 15.3. The number of carbonyl (C=O) groups is 1. The van der Waals surface area contributed by atoms with Crippen molar-refractivity contribution < 1.29 is 9.90 Å². The first-order valence-corrected chi connectivity index (χ1v) is 7.11. The maximum atomic E-state index is 10.9. The molecule has 1 aromatic rings. The third-order valence-electron chi connectivity index (χ3n) is 2.03. The van der Waals surface area contributed by atoms with Crippen LogP contribution in [0.2, 0.25) is 0 Å². The third kappa shape index (κ3) is 4.48. The Kier molecular flexibility index (Phi) is 5.91. The van der Waals surface area contributed by atoms with Gasteiger partial charge < -0.3 is 21.5 Å². The number of halogens is 2. The predicted octanol–water partition coefficient (Wildman–Crippen LogP) is 1.49. The smallest absolute Gasteiger partial charge is 0.335 e. The summed E-state index contributed by atoms with van der Waals surface area (Å²) in [6.07, 6.45) is 0. The summed E-state index contributed by atoms with van der Waals surface area (Å²) in [6, 6.07) is 3.23. The maximum absolute atomic E-state index is 10.9. The lowest BCUT2D eigenvalue weighted by Crippen LogP contribution is -2.34. The zero-order valence-electron chi connectivity index (χ0n) is 9.26. The van der Waals surface area contributed by atoms with E-state index in [-0.39, 0.29) is 11.5 Å². The van der Waals surface area contributed by atoms with Gasteiger partial charge in [0.05, 0.1) is 11.3 Å². The van der Waals surface area contributed by atoms with E-state index in [1.54, 1.807) is 12.1 Å². The van der Waals surface area contributed by atoms with Gasteiger partial charge in [-0.15, -0.1) is 0 Å². The first-order chi connectivity index (χ1) is 8.41. The van der Waals surface area contributed by atoms with E-state index in [4.69, 9.17) is 16.2 Å². The van der Waals surface area contributed by atoms with Crippen molar-refractivity contribution >= 4 is 62.8 Å². The standard InChI is InChI=1S/C10H12I2N4O2/c11-6-3-5(9(17)18)4-7(12)8(6)15-1-2-16-10(13)14/h3-4,15H,1-2H2,(H,17,18)(H4,13,14,16). The molecule has 0 aliphatic heterocycles. The normalized spacial score (nSPS) is 9.89. The van der Waals surface area contributed by atoms with E-state index < -0.39 is 5.97 Å². The van der Waals surface area contributed by atoms with Gasteiger partial charge in [-0.1, -0.05) is 0 Å². The summed E-state index contributed by atoms with van der Waals surface area (Å²) in [4.78, 5) is 10.9. The van der Waals surface area contributed by atoms with Crippen molar-refractivity contribution in [2.24, 2.45) is 5.73 Å². The number of nitrogens with one attached hydrogen (secondary N) is 3. The molecule has 0 aliphatic carbocycles. The SMILES string of the molecule is N=C(N)NCCNc1c(I)cc(C(=O)O)cc1I. The molecule has 98 valence electrons. The number of benzene rings is 1. The molecule has 6 N–H and O–H groups in total. The summed E-state index contributed by atoms with van der Waals surface area (Å²) >= 11 is 4.18. The van der Waals surface area contributed by atoms with Crippen molar-refractivity contribution in [2.45, 2.75) is 0 Å². The van der Waals surface area contributed by atoms with Gasteiger partial charge >= 0.3 is 5.97 Å². The minimum atomic E-state index is -0.935. The van der Waals surface area contributed by atoms with Gasteiger partial charge in [-0.2, -0.15) is 0 Å². The van der Waals surface area contributed by atoms with Crippen molar-refractivity contribution in [1.29, 1.82) is 5.41 Å². The molecule has 0 saturated carbocycles. The van der Waals surface area contributed by atoms with Crippen LogP contribution < -0.4 is 16.4 Å². The number of hydrogen-bond donors (Lipinski definition) is 5. The van der Waals surface area contributed by atoms with Gasteiger partial charge in [-0.05, 0) is 57.3 Å². The number of carboxylic acids is 1. The highest BCUT2D eigenvalue weighted by molar-refractivity contribution is 14.1. The monoisotopic (exact) mass is 474 g/mol. The molecule has 0 heterocycles. The quantitative estimate of drug-likeness (QED) is 0.192. The molecule has 0 aliphatic rings. The van der Waals surface area contributed by atoms with E-state index in [1.165, 1.54) is 0 Å². The van der Waals surface area contributed by atoms with Gasteiger partial charge in [0.2, 0.25) is 0 Å². The number of carboxylic acid groups (broad SMARTS) is 1. The Morgan fingerprint density at radius 1 is 1.33 bits per heavy atom. The highest BCUT2D eigenvalue weighted by Gasteiger charge is 2.10. The average Bonchev–Trinajstić information content (AvgIpc) is 2.26. The molecule has 18 heavy (non-hydrogen) atoms. The van der Waals surface area contributed by atoms with Gasteiger partial charge in [0.1, 0.15) is 0 Å². The molecule has 1 rings (SSSR count). The summed E-state index contributed by atoms with van der Waals surface area (Å²) in [5, 5.41) is 21.8. The summed E-state index contributed by atoms with van der Waals surface area (Å²) < 4.78 is 1.69. The largest absolute Gasteiger partial charge is 0.478 e. The maximum Gasteiger partial charge on any atom is 0.335 e. The van der Waals surface area contributed by atoms with Crippen molar-refractivity contribution in [1.82, 2.24) is 5.32 Å². The van der Waals surface area contributed by atoms with Gasteiger partial charge in [0.25, 0.3) is 0 Å². The van der Waals surface area contributed by atoms with Gasteiger partial charge in [0, 0.05) is 20.2 Å².